The molecule has 0 radical (unpaired) electrons. The highest BCUT2D eigenvalue weighted by molar-refractivity contribution is 6.00. The van der Waals surface area contributed by atoms with Crippen LogP contribution in [0, 0.1) is 6.92 Å². The number of phenols is 1. The number of aliphatic hydroxyl groups is 2. The van der Waals surface area contributed by atoms with Crippen LogP contribution in [0.15, 0.2) is 60.8 Å². The number of phenolic OH excluding ortho intramolecular Hbond substituents is 1. The van der Waals surface area contributed by atoms with Crippen molar-refractivity contribution in [3.8, 4) is 39.8 Å². The Hall–Kier alpha value is -6.71. The number of carbonyl (C=O) groups is 5. The summed E-state index contributed by atoms with van der Waals surface area (Å²) in [5, 5.41) is 50.4. The van der Waals surface area contributed by atoms with E-state index in [1.54, 1.807) is 13.0 Å². The Morgan fingerprint density at radius 1 is 0.925 bits per heavy atom. The molecule has 20 nitrogen and oxygen atoms in total. The van der Waals surface area contributed by atoms with Crippen LogP contribution >= 0.6 is 0 Å². The summed E-state index contributed by atoms with van der Waals surface area (Å²) in [7, 11) is 1.29. The molecule has 6 atom stereocenters. The van der Waals surface area contributed by atoms with Gasteiger partial charge in [-0.2, -0.15) is 0 Å². The Balaban J connectivity index is 1.41. The van der Waals surface area contributed by atoms with E-state index in [4.69, 9.17) is 26.7 Å². The fraction of sp³-hybridized carbons (Fsp3) is 0.426. The molecule has 6 rings (SSSR count). The lowest BCUT2D eigenvalue weighted by molar-refractivity contribution is -0.143. The van der Waals surface area contributed by atoms with Crippen LogP contribution < -0.4 is 42.6 Å². The molecule has 1 saturated carbocycles. The summed E-state index contributed by atoms with van der Waals surface area (Å²) in [6.07, 6.45) is 1.00. The third kappa shape index (κ3) is 11.6. The van der Waals surface area contributed by atoms with E-state index in [9.17, 15) is 44.4 Å². The highest BCUT2D eigenvalue weighted by Gasteiger charge is 2.39. The maximum atomic E-state index is 14.7. The lowest BCUT2D eigenvalue weighted by atomic mass is 9.93. The Labute approximate surface area is 387 Å². The van der Waals surface area contributed by atoms with Gasteiger partial charge in [0.2, 0.25) is 17.7 Å². The monoisotopic (exact) mass is 925 g/mol. The maximum absolute atomic E-state index is 14.7. The zero-order valence-electron chi connectivity index (χ0n) is 37.8. The summed E-state index contributed by atoms with van der Waals surface area (Å²) in [4.78, 5) is 79.3. The first-order valence-electron chi connectivity index (χ1n) is 22.0. The highest BCUT2D eigenvalue weighted by Crippen LogP contribution is 2.48. The third-order valence-electron chi connectivity index (χ3n) is 12.1. The smallest absolute Gasteiger partial charge is 0.326 e. The molecule has 13 N–H and O–H groups in total. The molecule has 4 aromatic rings. The van der Waals surface area contributed by atoms with Crippen LogP contribution in [0.25, 0.3) is 22.5 Å². The summed E-state index contributed by atoms with van der Waals surface area (Å²) in [6.45, 7) is 4.05. The maximum Gasteiger partial charge on any atom is 0.326 e. The molecule has 358 valence electrons. The van der Waals surface area contributed by atoms with Gasteiger partial charge in [0.15, 0.2) is 17.3 Å². The van der Waals surface area contributed by atoms with Crippen LogP contribution in [0.3, 0.4) is 0 Å². The predicted molar refractivity (Wildman–Crippen MR) is 245 cm³/mol. The van der Waals surface area contributed by atoms with E-state index in [0.29, 0.717) is 17.1 Å². The number of amides is 4. The number of aryl methyl sites for hydroxylation is 1. The summed E-state index contributed by atoms with van der Waals surface area (Å²) in [6, 6.07) is 9.34. The second-order valence-electron chi connectivity index (χ2n) is 17.3. The number of rotatable bonds is 17. The standard InChI is InChI=1S/C47H59N9O11/c1-24-34(21-51-41(52-24)27-6-8-29(9-7-27)47(3)12-13-47)43(61)54-35(11-14-48)45(63)56(4)39-28-17-33(40(59)38(18-28)67-23-31(58)20-50)32-15-26(5-10-37(32)66-22-30(57)19-49)16-36(46(64)65)55-42(60)25(2)53-44(39)62/h5-10,15,17-18,21,25,30-31,35-36,39,57-59H,11-14,16,19-20,22-23,48-50H2,1-4H3,(H,53,62)(H,54,61)(H,55,60)(H,64,65)/t25-,30-,31-,35-,36-,39-/m0/s1. The number of hydrogen-bond acceptors (Lipinski definition) is 15. The minimum Gasteiger partial charge on any atom is -0.504 e. The van der Waals surface area contributed by atoms with Gasteiger partial charge in [-0.1, -0.05) is 37.3 Å². The minimum absolute atomic E-state index is 0.0155. The second-order valence-corrected chi connectivity index (χ2v) is 17.3. The number of nitrogens with zero attached hydrogens (tertiary/aromatic N) is 3. The van der Waals surface area contributed by atoms with Gasteiger partial charge in [0, 0.05) is 49.4 Å². The van der Waals surface area contributed by atoms with Crippen LogP contribution in [-0.4, -0.2) is 135 Å². The number of carbonyl (C=O) groups excluding carboxylic acids is 4. The normalized spacial score (nSPS) is 19.1. The molecule has 1 aliphatic heterocycles. The Morgan fingerprint density at radius 3 is 2.18 bits per heavy atom. The molecular weight excluding hydrogens is 867 g/mol. The van der Waals surface area contributed by atoms with Crippen molar-refractivity contribution < 1.29 is 53.9 Å². The molecule has 0 saturated heterocycles. The molecule has 1 aliphatic carbocycles. The van der Waals surface area contributed by atoms with E-state index in [1.165, 1.54) is 50.0 Å². The molecule has 2 aliphatic rings. The first-order valence-corrected chi connectivity index (χ1v) is 22.0. The van der Waals surface area contributed by atoms with Crippen molar-refractivity contribution in [3.63, 3.8) is 0 Å². The van der Waals surface area contributed by atoms with Gasteiger partial charge in [0.25, 0.3) is 5.91 Å². The number of carboxylic acid groups (broad SMARTS) is 1. The van der Waals surface area contributed by atoms with E-state index < -0.39 is 78.3 Å². The molecule has 67 heavy (non-hydrogen) atoms. The predicted octanol–water partition coefficient (Wildman–Crippen LogP) is 0.550. The third-order valence-corrected chi connectivity index (χ3v) is 12.1. The first kappa shape index (κ1) is 49.7. The van der Waals surface area contributed by atoms with E-state index >= 15 is 0 Å². The van der Waals surface area contributed by atoms with Gasteiger partial charge in [-0.15, -0.1) is 0 Å². The number of benzene rings is 3. The van der Waals surface area contributed by atoms with E-state index in [-0.39, 0.29) is 78.3 Å². The number of hydrogen-bond donors (Lipinski definition) is 10. The Morgan fingerprint density at radius 2 is 1.58 bits per heavy atom. The number of likely N-dealkylation sites (N-methyl/N-ethyl adjacent to an activating group) is 1. The number of aliphatic hydroxyl groups excluding tert-OH is 2. The SMILES string of the molecule is Cc1nc(-c2ccc(C3(C)CC3)cc2)ncc1C(=O)N[C@@H](CCN)C(=O)N(C)[C@@H]1C(=O)N[C@@H](C)C(=O)N[C@H](C(=O)O)Cc2ccc(OC[C@@H](O)CN)c(c2)-c2cc1cc(OC[C@@H](O)CN)c2O. The van der Waals surface area contributed by atoms with Gasteiger partial charge in [-0.25, -0.2) is 14.8 Å². The molecule has 4 bridgehead atoms. The summed E-state index contributed by atoms with van der Waals surface area (Å²) < 4.78 is 11.8. The average Bonchev–Trinajstić information content (AvgIpc) is 4.07. The summed E-state index contributed by atoms with van der Waals surface area (Å²) >= 11 is 0. The average molecular weight is 926 g/mol. The van der Waals surface area contributed by atoms with Crippen molar-refractivity contribution in [2.75, 3.05) is 39.9 Å². The number of aromatic nitrogens is 2. The number of nitrogens with two attached hydrogens (primary N) is 3. The zero-order chi connectivity index (χ0) is 48.7. The zero-order valence-corrected chi connectivity index (χ0v) is 37.8. The molecular formula is C47H59N9O11. The molecule has 1 fully saturated rings. The van der Waals surface area contributed by atoms with Crippen molar-refractivity contribution in [3.05, 3.63) is 88.7 Å². The van der Waals surface area contributed by atoms with Crippen LogP contribution in [0.1, 0.15) is 71.9 Å². The number of ether oxygens (including phenoxy) is 2. The van der Waals surface area contributed by atoms with Crippen LogP contribution in [0.4, 0.5) is 0 Å². The topological polar surface area (TPSA) is 328 Å². The van der Waals surface area contributed by atoms with Gasteiger partial charge < -0.3 is 68.0 Å². The molecule has 20 heteroatoms. The van der Waals surface area contributed by atoms with Crippen molar-refractivity contribution in [1.82, 2.24) is 30.8 Å². The van der Waals surface area contributed by atoms with Gasteiger partial charge in [0.05, 0.1) is 11.3 Å². The summed E-state index contributed by atoms with van der Waals surface area (Å²) in [5.41, 5.74) is 20.3. The first-order chi connectivity index (χ1) is 31.9. The quantitative estimate of drug-likeness (QED) is 0.0691. The number of aliphatic carboxylic acids is 1. The molecule has 0 spiro atoms. The molecule has 2 heterocycles. The fourth-order valence-corrected chi connectivity index (χ4v) is 7.65. The van der Waals surface area contributed by atoms with E-state index in [0.717, 1.165) is 23.3 Å². The van der Waals surface area contributed by atoms with Gasteiger partial charge >= 0.3 is 5.97 Å². The molecule has 3 aromatic carbocycles. The number of fused-ring (bicyclic) bond motifs is 5. The van der Waals surface area contributed by atoms with Crippen LogP contribution in [0.5, 0.6) is 17.2 Å². The van der Waals surface area contributed by atoms with Gasteiger partial charge in [-0.05, 0) is 86.0 Å². The largest absolute Gasteiger partial charge is 0.504 e. The Bertz CT molecular complexity index is 2480. The Kier molecular flexibility index (Phi) is 15.8. The van der Waals surface area contributed by atoms with Crippen molar-refractivity contribution >= 4 is 29.6 Å². The number of nitrogens with one attached hydrogen (secondary N) is 3. The van der Waals surface area contributed by atoms with E-state index in [2.05, 4.69) is 45.0 Å². The van der Waals surface area contributed by atoms with Crippen molar-refractivity contribution in [2.45, 2.75) is 88.2 Å². The van der Waals surface area contributed by atoms with Crippen molar-refractivity contribution in [1.29, 1.82) is 0 Å². The molecule has 4 amide bonds. The fourth-order valence-electron chi connectivity index (χ4n) is 7.65. The van der Waals surface area contributed by atoms with Gasteiger partial charge in [-0.3, -0.25) is 19.2 Å². The minimum atomic E-state index is -1.65. The van der Waals surface area contributed by atoms with Crippen LogP contribution in [-0.2, 0) is 31.0 Å². The highest BCUT2D eigenvalue weighted by atomic mass is 16.5. The molecule has 0 unspecified atom stereocenters. The van der Waals surface area contributed by atoms with Gasteiger partial charge in [0.1, 0.15) is 55.3 Å². The van der Waals surface area contributed by atoms with Crippen molar-refractivity contribution in [2.24, 2.45) is 17.2 Å². The molecule has 1 aromatic heterocycles. The van der Waals surface area contributed by atoms with Crippen LogP contribution in [0.2, 0.25) is 0 Å². The lowest BCUT2D eigenvalue weighted by Crippen LogP contribution is -2.55. The number of carboxylic acids is 1. The summed E-state index contributed by atoms with van der Waals surface area (Å²) in [5.74, 6) is -4.93. The number of aromatic hydroxyl groups is 1. The second kappa shape index (κ2) is 21.3. The lowest BCUT2D eigenvalue weighted by Gasteiger charge is -2.33. The van der Waals surface area contributed by atoms with E-state index in [1.807, 2.05) is 12.1 Å².